The summed E-state index contributed by atoms with van der Waals surface area (Å²) in [5.41, 5.74) is 3.64. The smallest absolute Gasteiger partial charge is 0.246 e. The van der Waals surface area contributed by atoms with E-state index < -0.39 is 5.82 Å². The molecule has 0 bridgehead atoms. The minimum absolute atomic E-state index is 0.0674. The zero-order chi connectivity index (χ0) is 22.8. The van der Waals surface area contributed by atoms with Crippen molar-refractivity contribution in [1.29, 1.82) is 0 Å². The van der Waals surface area contributed by atoms with E-state index in [4.69, 9.17) is 0 Å². The van der Waals surface area contributed by atoms with Crippen molar-refractivity contribution in [1.82, 2.24) is 19.8 Å². The van der Waals surface area contributed by atoms with E-state index in [1.165, 1.54) is 42.7 Å². The highest BCUT2D eigenvalue weighted by Gasteiger charge is 2.28. The summed E-state index contributed by atoms with van der Waals surface area (Å²) in [6, 6.07) is 7.08. The quantitative estimate of drug-likeness (QED) is 0.651. The Hall–Kier alpha value is -3.00. The van der Waals surface area contributed by atoms with Gasteiger partial charge in [-0.3, -0.25) is 9.69 Å². The van der Waals surface area contributed by atoms with Crippen molar-refractivity contribution in [2.45, 2.75) is 57.2 Å². The van der Waals surface area contributed by atoms with Crippen molar-refractivity contribution in [2.75, 3.05) is 30.3 Å². The second-order valence-corrected chi connectivity index (χ2v) is 9.28. The van der Waals surface area contributed by atoms with Gasteiger partial charge in [0.05, 0.1) is 6.20 Å². The van der Waals surface area contributed by atoms with Crippen molar-refractivity contribution >= 4 is 23.4 Å². The lowest BCUT2D eigenvalue weighted by Gasteiger charge is -2.40. The van der Waals surface area contributed by atoms with Crippen LogP contribution in [0.5, 0.6) is 0 Å². The van der Waals surface area contributed by atoms with Gasteiger partial charge in [-0.25, -0.2) is 9.37 Å². The van der Waals surface area contributed by atoms with Crippen LogP contribution in [0, 0.1) is 5.82 Å². The fourth-order valence-electron chi connectivity index (χ4n) is 4.99. The number of rotatable bonds is 6. The first-order valence-corrected chi connectivity index (χ1v) is 11.9. The normalized spacial score (nSPS) is 21.1. The average Bonchev–Trinajstić information content (AvgIpc) is 2.80. The maximum absolute atomic E-state index is 14.4. The van der Waals surface area contributed by atoms with Crippen LogP contribution in [-0.2, 0) is 17.8 Å². The summed E-state index contributed by atoms with van der Waals surface area (Å²) in [5.74, 6) is -0.107. The van der Waals surface area contributed by atoms with Crippen LogP contribution in [-0.4, -0.2) is 57.4 Å². The molecule has 5 rings (SSSR count). The number of carbonyl (C=O) groups is 1. The van der Waals surface area contributed by atoms with E-state index in [1.54, 1.807) is 4.90 Å². The Morgan fingerprint density at radius 3 is 2.85 bits per heavy atom. The first-order valence-electron chi connectivity index (χ1n) is 11.9. The highest BCUT2D eigenvalue weighted by Crippen LogP contribution is 2.31. The number of anilines is 3. The van der Waals surface area contributed by atoms with E-state index in [9.17, 15) is 9.18 Å². The van der Waals surface area contributed by atoms with Crippen LogP contribution in [0.1, 0.15) is 43.2 Å². The Morgan fingerprint density at radius 2 is 2.06 bits per heavy atom. The van der Waals surface area contributed by atoms with Gasteiger partial charge in [0.2, 0.25) is 11.9 Å². The van der Waals surface area contributed by atoms with Crippen LogP contribution in [0.25, 0.3) is 0 Å². The second kappa shape index (κ2) is 9.47. The van der Waals surface area contributed by atoms with Gasteiger partial charge in [0.1, 0.15) is 0 Å². The molecular weight excluding hydrogens is 419 g/mol. The maximum atomic E-state index is 14.4. The molecule has 1 amide bonds. The molecule has 8 heteroatoms. The molecule has 1 unspecified atom stereocenters. The first-order chi connectivity index (χ1) is 16.1. The van der Waals surface area contributed by atoms with E-state index in [1.807, 2.05) is 6.07 Å². The summed E-state index contributed by atoms with van der Waals surface area (Å²) in [5, 5.41) is 6.39. The van der Waals surface area contributed by atoms with Crippen molar-refractivity contribution < 1.29 is 9.18 Å². The average molecular weight is 451 g/mol. The van der Waals surface area contributed by atoms with Crippen LogP contribution in [0.2, 0.25) is 0 Å². The molecule has 2 aromatic rings. The summed E-state index contributed by atoms with van der Waals surface area (Å²) in [7, 11) is 0. The van der Waals surface area contributed by atoms with E-state index >= 15 is 0 Å². The minimum atomic E-state index is -0.505. The molecule has 3 heterocycles. The van der Waals surface area contributed by atoms with Crippen LogP contribution >= 0.6 is 0 Å². The number of benzene rings is 1. The number of hydrogen-bond donors (Lipinski definition) is 2. The summed E-state index contributed by atoms with van der Waals surface area (Å²) >= 11 is 0. The molecule has 1 aromatic carbocycles. The molecule has 2 aliphatic heterocycles. The van der Waals surface area contributed by atoms with Gasteiger partial charge in [-0.2, -0.15) is 4.98 Å². The van der Waals surface area contributed by atoms with Crippen molar-refractivity contribution in [3.8, 4) is 0 Å². The third-order valence-electron chi connectivity index (χ3n) is 7.09. The van der Waals surface area contributed by atoms with Crippen LogP contribution in [0.3, 0.4) is 0 Å². The Bertz CT molecular complexity index is 1040. The highest BCUT2D eigenvalue weighted by atomic mass is 19.1. The summed E-state index contributed by atoms with van der Waals surface area (Å²) in [6.07, 6.45) is 9.25. The number of piperidine rings is 1. The van der Waals surface area contributed by atoms with Crippen molar-refractivity contribution in [2.24, 2.45) is 0 Å². The molecule has 1 aromatic heterocycles. The fourth-order valence-corrected chi connectivity index (χ4v) is 4.99. The van der Waals surface area contributed by atoms with Crippen LogP contribution < -0.4 is 10.6 Å². The molecule has 2 fully saturated rings. The monoisotopic (exact) mass is 450 g/mol. The van der Waals surface area contributed by atoms with Gasteiger partial charge in [0.25, 0.3) is 0 Å². The number of nitrogens with zero attached hydrogens (tertiary/aromatic N) is 4. The zero-order valence-corrected chi connectivity index (χ0v) is 18.9. The predicted octanol–water partition coefficient (Wildman–Crippen LogP) is 3.86. The largest absolute Gasteiger partial charge is 0.363 e. The van der Waals surface area contributed by atoms with Crippen LogP contribution in [0.4, 0.5) is 21.8 Å². The number of carbonyl (C=O) groups excluding carboxylic acids is 1. The minimum Gasteiger partial charge on any atom is -0.363 e. The fraction of sp³-hybridized carbons (Fsp3) is 0.480. The number of halogens is 1. The van der Waals surface area contributed by atoms with E-state index in [2.05, 4.69) is 44.2 Å². The Balaban J connectivity index is 1.25. The molecule has 1 atom stereocenters. The molecule has 174 valence electrons. The van der Waals surface area contributed by atoms with Crippen molar-refractivity contribution in [3.63, 3.8) is 0 Å². The molecule has 1 saturated heterocycles. The van der Waals surface area contributed by atoms with Gasteiger partial charge in [-0.05, 0) is 61.4 Å². The third kappa shape index (κ3) is 4.85. The van der Waals surface area contributed by atoms with E-state index in [-0.39, 0.29) is 17.8 Å². The lowest BCUT2D eigenvalue weighted by Crippen LogP contribution is -2.44. The second-order valence-electron chi connectivity index (χ2n) is 9.28. The van der Waals surface area contributed by atoms with Gasteiger partial charge in [0.15, 0.2) is 11.6 Å². The molecule has 0 radical (unpaired) electrons. The third-order valence-corrected chi connectivity index (χ3v) is 7.09. The summed E-state index contributed by atoms with van der Waals surface area (Å²) in [4.78, 5) is 24.8. The van der Waals surface area contributed by atoms with Gasteiger partial charge in [0, 0.05) is 44.0 Å². The summed E-state index contributed by atoms with van der Waals surface area (Å²) < 4.78 is 14.4. The SMILES string of the molecule is C=CC(=O)N1CCCC(Nc2nc(Nc3ccc4c(c3)CCN(C3CCC3)C4)ncc2F)C1. The molecule has 33 heavy (non-hydrogen) atoms. The molecule has 0 spiro atoms. The van der Waals surface area contributed by atoms with Gasteiger partial charge >= 0.3 is 0 Å². The van der Waals surface area contributed by atoms with Gasteiger partial charge in [-0.1, -0.05) is 19.1 Å². The molecule has 1 saturated carbocycles. The van der Waals surface area contributed by atoms with E-state index in [0.29, 0.717) is 19.0 Å². The van der Waals surface area contributed by atoms with E-state index in [0.717, 1.165) is 44.1 Å². The number of fused-ring (bicyclic) bond motifs is 1. The topological polar surface area (TPSA) is 73.4 Å². The lowest BCUT2D eigenvalue weighted by molar-refractivity contribution is -0.127. The summed E-state index contributed by atoms with van der Waals surface area (Å²) in [6.45, 7) is 6.87. The highest BCUT2D eigenvalue weighted by molar-refractivity contribution is 5.87. The number of amides is 1. The Morgan fingerprint density at radius 1 is 1.18 bits per heavy atom. The Kier molecular flexibility index (Phi) is 6.26. The number of hydrogen-bond acceptors (Lipinski definition) is 6. The van der Waals surface area contributed by atoms with Gasteiger partial charge < -0.3 is 15.5 Å². The lowest BCUT2D eigenvalue weighted by atomic mass is 9.88. The molecule has 7 nitrogen and oxygen atoms in total. The maximum Gasteiger partial charge on any atom is 0.246 e. The Labute approximate surface area is 194 Å². The first kappa shape index (κ1) is 21.8. The number of aromatic nitrogens is 2. The van der Waals surface area contributed by atoms with Crippen molar-refractivity contribution in [3.05, 3.63) is 54.0 Å². The van der Waals surface area contributed by atoms with Crippen LogP contribution in [0.15, 0.2) is 37.1 Å². The number of likely N-dealkylation sites (tertiary alicyclic amines) is 1. The number of nitrogens with one attached hydrogen (secondary N) is 2. The molecule has 3 aliphatic rings. The molecular formula is C25H31FN6O. The zero-order valence-electron chi connectivity index (χ0n) is 18.9. The standard InChI is InChI=1S/C25H31FN6O/c1-2-23(33)32-11-4-5-20(16-32)28-24-22(26)14-27-25(30-24)29-19-9-8-18-15-31(21-6-3-7-21)12-10-17(18)13-19/h2,8-9,13-14,20-21H,1,3-7,10-12,15-16H2,(H2,27,28,29,30). The molecule has 2 N–H and O–H groups in total. The predicted molar refractivity (Wildman–Crippen MR) is 127 cm³/mol. The van der Waals surface area contributed by atoms with Gasteiger partial charge in [-0.15, -0.1) is 0 Å². The molecule has 1 aliphatic carbocycles.